The van der Waals surface area contributed by atoms with Crippen LogP contribution in [0.4, 0.5) is 4.39 Å². The van der Waals surface area contributed by atoms with Crippen molar-refractivity contribution in [3.05, 3.63) is 58.5 Å². The van der Waals surface area contributed by atoms with Gasteiger partial charge < -0.3 is 9.72 Å². The Bertz CT molecular complexity index is 942. The molecule has 4 rings (SSSR count). The number of hydrogen-bond donors (Lipinski definition) is 1. The highest BCUT2D eigenvalue weighted by Crippen LogP contribution is 2.45. The summed E-state index contributed by atoms with van der Waals surface area (Å²) in [5, 5.41) is 0.323. The van der Waals surface area contributed by atoms with Gasteiger partial charge in [-0.05, 0) is 45.0 Å². The van der Waals surface area contributed by atoms with E-state index < -0.39 is 11.4 Å². The van der Waals surface area contributed by atoms with E-state index in [2.05, 4.69) is 9.97 Å². The highest BCUT2D eigenvalue weighted by molar-refractivity contribution is 6.33. The maximum Gasteiger partial charge on any atom is 0.145 e. The molecule has 3 nitrogen and oxygen atoms in total. The zero-order valence-electron chi connectivity index (χ0n) is 13.6. The standard InChI is InChI=1S/C19H16ClFN2O/c1-10-7-8-14-11(9-10)16-17(19(2,3)24-14)23-18(22-16)15-12(20)5-4-6-13(15)21/h4-9H,1-3H3,(H,22,23). The number of nitrogens with one attached hydrogen (secondary N) is 1. The zero-order chi connectivity index (χ0) is 17.1. The number of hydrogen-bond acceptors (Lipinski definition) is 2. The SMILES string of the molecule is Cc1ccc2c(c1)-c1nc(-c3c(F)cccc3Cl)[nH]c1C(C)(C)O2. The summed E-state index contributed by atoms with van der Waals surface area (Å²) < 4.78 is 20.4. The number of rotatable bonds is 1. The third kappa shape index (κ3) is 2.21. The summed E-state index contributed by atoms with van der Waals surface area (Å²) in [5.41, 5.74) is 3.28. The number of halogens is 2. The molecule has 0 fully saturated rings. The van der Waals surface area contributed by atoms with E-state index in [1.807, 2.05) is 39.0 Å². The lowest BCUT2D eigenvalue weighted by molar-refractivity contribution is 0.101. The van der Waals surface area contributed by atoms with E-state index in [4.69, 9.17) is 16.3 Å². The lowest BCUT2D eigenvalue weighted by Gasteiger charge is -2.31. The molecule has 2 heterocycles. The predicted molar refractivity (Wildman–Crippen MR) is 92.8 cm³/mol. The normalized spacial score (nSPS) is 14.7. The molecule has 0 unspecified atom stereocenters. The van der Waals surface area contributed by atoms with E-state index in [1.165, 1.54) is 6.07 Å². The van der Waals surface area contributed by atoms with Crippen molar-refractivity contribution in [1.82, 2.24) is 9.97 Å². The second-order valence-corrected chi connectivity index (χ2v) is 6.92. The molecule has 1 aromatic heterocycles. The Morgan fingerprint density at radius 1 is 1.21 bits per heavy atom. The van der Waals surface area contributed by atoms with Crippen molar-refractivity contribution in [3.63, 3.8) is 0 Å². The molecule has 0 saturated carbocycles. The fourth-order valence-electron chi connectivity index (χ4n) is 3.09. The smallest absolute Gasteiger partial charge is 0.145 e. The second-order valence-electron chi connectivity index (χ2n) is 6.52. The molecular weight excluding hydrogens is 327 g/mol. The van der Waals surface area contributed by atoms with Gasteiger partial charge in [-0.3, -0.25) is 0 Å². The van der Waals surface area contributed by atoms with E-state index in [-0.39, 0.29) is 5.56 Å². The van der Waals surface area contributed by atoms with Gasteiger partial charge in [0.15, 0.2) is 0 Å². The van der Waals surface area contributed by atoms with Crippen LogP contribution in [0.5, 0.6) is 5.75 Å². The van der Waals surface area contributed by atoms with Crippen LogP contribution in [0.3, 0.4) is 0 Å². The third-order valence-electron chi connectivity index (χ3n) is 4.26. The average Bonchev–Trinajstić information content (AvgIpc) is 2.94. The Morgan fingerprint density at radius 2 is 2.00 bits per heavy atom. The fourth-order valence-corrected chi connectivity index (χ4v) is 3.34. The highest BCUT2D eigenvalue weighted by Gasteiger charge is 2.36. The van der Waals surface area contributed by atoms with Crippen LogP contribution in [-0.4, -0.2) is 9.97 Å². The van der Waals surface area contributed by atoms with Crippen LogP contribution in [-0.2, 0) is 5.60 Å². The van der Waals surface area contributed by atoms with Crippen LogP contribution in [0.15, 0.2) is 36.4 Å². The van der Waals surface area contributed by atoms with Gasteiger partial charge in [-0.15, -0.1) is 0 Å². The molecule has 0 radical (unpaired) electrons. The van der Waals surface area contributed by atoms with Crippen molar-refractivity contribution in [2.45, 2.75) is 26.4 Å². The number of aromatic amines is 1. The number of imidazole rings is 1. The van der Waals surface area contributed by atoms with E-state index in [0.29, 0.717) is 10.8 Å². The molecule has 1 N–H and O–H groups in total. The van der Waals surface area contributed by atoms with Crippen molar-refractivity contribution >= 4 is 11.6 Å². The number of benzene rings is 2. The van der Waals surface area contributed by atoms with E-state index in [1.54, 1.807) is 12.1 Å². The van der Waals surface area contributed by atoms with Crippen molar-refractivity contribution in [3.8, 4) is 28.4 Å². The first kappa shape index (κ1) is 15.2. The Morgan fingerprint density at radius 3 is 2.75 bits per heavy atom. The average molecular weight is 343 g/mol. The maximum atomic E-state index is 14.3. The molecular formula is C19H16ClFN2O. The van der Waals surface area contributed by atoms with Crippen molar-refractivity contribution < 1.29 is 9.13 Å². The molecule has 0 saturated heterocycles. The molecule has 2 aromatic carbocycles. The van der Waals surface area contributed by atoms with Crippen LogP contribution in [0.25, 0.3) is 22.6 Å². The molecule has 0 spiro atoms. The molecule has 1 aliphatic rings. The Balaban J connectivity index is 1.99. The zero-order valence-corrected chi connectivity index (χ0v) is 14.3. The van der Waals surface area contributed by atoms with Crippen LogP contribution < -0.4 is 4.74 Å². The highest BCUT2D eigenvalue weighted by atomic mass is 35.5. The third-order valence-corrected chi connectivity index (χ3v) is 4.58. The molecule has 24 heavy (non-hydrogen) atoms. The summed E-state index contributed by atoms with van der Waals surface area (Å²) in [7, 11) is 0. The molecule has 5 heteroatoms. The van der Waals surface area contributed by atoms with Crippen LogP contribution >= 0.6 is 11.6 Å². The van der Waals surface area contributed by atoms with Crippen molar-refractivity contribution in [2.75, 3.05) is 0 Å². The summed E-state index contributed by atoms with van der Waals surface area (Å²) in [5.74, 6) is 0.779. The fraction of sp³-hybridized carbons (Fsp3) is 0.211. The Kier molecular flexibility index (Phi) is 3.22. The van der Waals surface area contributed by atoms with Crippen LogP contribution in [0, 0.1) is 12.7 Å². The predicted octanol–water partition coefficient (Wildman–Crippen LogP) is 5.47. The topological polar surface area (TPSA) is 37.9 Å². The van der Waals surface area contributed by atoms with Crippen molar-refractivity contribution in [2.24, 2.45) is 0 Å². The number of nitrogens with zero attached hydrogens (tertiary/aromatic N) is 1. The van der Waals surface area contributed by atoms with Gasteiger partial charge in [0.25, 0.3) is 0 Å². The molecule has 0 amide bonds. The number of aromatic nitrogens is 2. The van der Waals surface area contributed by atoms with Gasteiger partial charge in [-0.1, -0.05) is 29.3 Å². The Labute approximate surface area is 144 Å². The molecule has 0 bridgehead atoms. The maximum absolute atomic E-state index is 14.3. The van der Waals surface area contributed by atoms with Gasteiger partial charge in [0.2, 0.25) is 0 Å². The molecule has 3 aromatic rings. The molecule has 122 valence electrons. The lowest BCUT2D eigenvalue weighted by Crippen LogP contribution is -2.29. The monoisotopic (exact) mass is 342 g/mol. The van der Waals surface area contributed by atoms with Gasteiger partial charge in [0, 0.05) is 5.56 Å². The summed E-state index contributed by atoms with van der Waals surface area (Å²) in [6.45, 7) is 5.93. The van der Waals surface area contributed by atoms with Gasteiger partial charge in [-0.25, -0.2) is 9.37 Å². The van der Waals surface area contributed by atoms with Gasteiger partial charge in [0.05, 0.1) is 22.0 Å². The number of ether oxygens (including phenoxy) is 1. The molecule has 1 aliphatic heterocycles. The van der Waals surface area contributed by atoms with E-state index in [9.17, 15) is 4.39 Å². The minimum atomic E-state index is -0.597. The van der Waals surface area contributed by atoms with E-state index in [0.717, 1.165) is 28.3 Å². The Hall–Kier alpha value is -2.33. The van der Waals surface area contributed by atoms with Gasteiger partial charge >= 0.3 is 0 Å². The number of aryl methyl sites for hydroxylation is 1. The first-order valence-corrected chi connectivity index (χ1v) is 8.09. The molecule has 0 atom stereocenters. The largest absolute Gasteiger partial charge is 0.481 e. The minimum Gasteiger partial charge on any atom is -0.481 e. The van der Waals surface area contributed by atoms with Crippen LogP contribution in [0.1, 0.15) is 25.1 Å². The second kappa shape index (κ2) is 5.08. The first-order valence-electron chi connectivity index (χ1n) is 7.72. The summed E-state index contributed by atoms with van der Waals surface area (Å²) in [6, 6.07) is 10.6. The quantitative estimate of drug-likeness (QED) is 0.636. The van der Waals surface area contributed by atoms with E-state index >= 15 is 0 Å². The van der Waals surface area contributed by atoms with Crippen molar-refractivity contribution in [1.29, 1.82) is 0 Å². The van der Waals surface area contributed by atoms with Gasteiger partial charge in [-0.2, -0.15) is 0 Å². The number of fused-ring (bicyclic) bond motifs is 3. The molecule has 0 aliphatic carbocycles. The summed E-state index contributed by atoms with van der Waals surface area (Å²) in [4.78, 5) is 7.88. The number of H-pyrrole nitrogens is 1. The first-order chi connectivity index (χ1) is 11.4. The van der Waals surface area contributed by atoms with Crippen LogP contribution in [0.2, 0.25) is 5.02 Å². The summed E-state index contributed by atoms with van der Waals surface area (Å²) >= 11 is 6.19. The van der Waals surface area contributed by atoms with Gasteiger partial charge in [0.1, 0.15) is 23.0 Å². The minimum absolute atomic E-state index is 0.276. The summed E-state index contributed by atoms with van der Waals surface area (Å²) in [6.07, 6.45) is 0. The lowest BCUT2D eigenvalue weighted by atomic mass is 9.94.